The van der Waals surface area contributed by atoms with Crippen LogP contribution in [-0.4, -0.2) is 72.2 Å². The van der Waals surface area contributed by atoms with Crippen LogP contribution in [0.2, 0.25) is 0 Å². The van der Waals surface area contributed by atoms with Crippen molar-refractivity contribution in [2.75, 3.05) is 50.4 Å². The van der Waals surface area contributed by atoms with Crippen LogP contribution in [0.3, 0.4) is 0 Å². The highest BCUT2D eigenvalue weighted by atomic mass is 16.2. The number of nitrogens with two attached hydrogens (primary N) is 1. The summed E-state index contributed by atoms with van der Waals surface area (Å²) < 4.78 is 0. The van der Waals surface area contributed by atoms with Crippen LogP contribution in [0.15, 0.2) is 40.7 Å². The number of nitrogen functional groups attached to an aromatic ring is 1. The van der Waals surface area contributed by atoms with Crippen molar-refractivity contribution in [1.29, 1.82) is 0 Å². The first-order valence-corrected chi connectivity index (χ1v) is 9.65. The van der Waals surface area contributed by atoms with E-state index in [2.05, 4.69) is 4.90 Å². The summed E-state index contributed by atoms with van der Waals surface area (Å²) in [6.45, 7) is 5.03. The second-order valence-corrected chi connectivity index (χ2v) is 7.56. The fraction of sp³-hybridized carbons (Fsp3) is 0.450. The normalized spacial score (nSPS) is 20.1. The molecule has 3 heterocycles. The number of likely N-dealkylation sites (tertiary alicyclic amines) is 1. The zero-order chi connectivity index (χ0) is 19.8. The summed E-state index contributed by atoms with van der Waals surface area (Å²) in [7, 11) is 2.00. The Morgan fingerprint density at radius 3 is 2.64 bits per heavy atom. The van der Waals surface area contributed by atoms with E-state index in [1.807, 2.05) is 31.0 Å². The predicted molar refractivity (Wildman–Crippen MR) is 109 cm³/mol. The van der Waals surface area contributed by atoms with E-state index in [9.17, 15) is 9.59 Å². The van der Waals surface area contributed by atoms with Gasteiger partial charge in [0.25, 0.3) is 0 Å². The Bertz CT molecular complexity index is 877. The third kappa shape index (κ3) is 3.30. The minimum absolute atomic E-state index is 0.128. The molecule has 0 atom stereocenters. The van der Waals surface area contributed by atoms with E-state index in [0.717, 1.165) is 30.9 Å². The maximum Gasteiger partial charge on any atom is 0.330 e. The van der Waals surface area contributed by atoms with E-state index in [4.69, 9.17) is 10.7 Å². The van der Waals surface area contributed by atoms with Crippen LogP contribution in [0.5, 0.6) is 0 Å². The summed E-state index contributed by atoms with van der Waals surface area (Å²) in [6.07, 6.45) is 1.51. The molecule has 0 spiro atoms. The Morgan fingerprint density at radius 2 is 1.93 bits per heavy atom. The molecule has 148 valence electrons. The number of hydrogen-bond donors (Lipinski definition) is 1. The van der Waals surface area contributed by atoms with Gasteiger partial charge in [-0.3, -0.25) is 4.79 Å². The highest BCUT2D eigenvalue weighted by Gasteiger charge is 2.36. The Morgan fingerprint density at radius 1 is 1.14 bits per heavy atom. The molecule has 1 fully saturated rings. The SMILES string of the molecule is CC1=NC2=C(CN1C)CN(CCN1CCCC1=O)C(=O)N2c1cccc(N)c1. The molecule has 4 rings (SSSR count). The fourth-order valence-electron chi connectivity index (χ4n) is 3.90. The second kappa shape index (κ2) is 7.18. The first-order chi connectivity index (χ1) is 13.4. The lowest BCUT2D eigenvalue weighted by Crippen LogP contribution is -2.53. The minimum Gasteiger partial charge on any atom is -0.399 e. The van der Waals surface area contributed by atoms with Gasteiger partial charge in [0.1, 0.15) is 11.7 Å². The van der Waals surface area contributed by atoms with Crippen molar-refractivity contribution in [3.8, 4) is 0 Å². The Balaban J connectivity index is 1.65. The van der Waals surface area contributed by atoms with Crippen LogP contribution in [0.4, 0.5) is 16.2 Å². The number of nitrogens with zero attached hydrogens (tertiary/aromatic N) is 5. The third-order valence-electron chi connectivity index (χ3n) is 5.56. The Hall–Kier alpha value is -3.03. The molecule has 1 aromatic carbocycles. The number of carbonyl (C=O) groups excluding carboxylic acids is 2. The summed E-state index contributed by atoms with van der Waals surface area (Å²) in [5.41, 5.74) is 8.36. The molecular formula is C20H26N6O2. The number of amidine groups is 1. The van der Waals surface area contributed by atoms with Gasteiger partial charge in [-0.2, -0.15) is 0 Å². The van der Waals surface area contributed by atoms with Gasteiger partial charge in [0.15, 0.2) is 0 Å². The molecule has 3 aliphatic heterocycles. The van der Waals surface area contributed by atoms with E-state index in [1.54, 1.807) is 21.9 Å². The first-order valence-electron chi connectivity index (χ1n) is 9.65. The molecule has 0 aromatic heterocycles. The number of urea groups is 1. The maximum absolute atomic E-state index is 13.4. The molecule has 1 saturated heterocycles. The summed E-state index contributed by atoms with van der Waals surface area (Å²) >= 11 is 0. The average Bonchev–Trinajstić information content (AvgIpc) is 3.07. The van der Waals surface area contributed by atoms with Crippen LogP contribution < -0.4 is 10.6 Å². The van der Waals surface area contributed by atoms with Crippen LogP contribution in [0.1, 0.15) is 19.8 Å². The molecule has 8 nitrogen and oxygen atoms in total. The molecule has 2 N–H and O–H groups in total. The van der Waals surface area contributed by atoms with E-state index in [1.165, 1.54) is 0 Å². The smallest absolute Gasteiger partial charge is 0.330 e. The maximum atomic E-state index is 13.4. The summed E-state index contributed by atoms with van der Waals surface area (Å²) in [5.74, 6) is 1.74. The van der Waals surface area contributed by atoms with Gasteiger partial charge in [0.2, 0.25) is 5.91 Å². The molecule has 0 unspecified atom stereocenters. The zero-order valence-corrected chi connectivity index (χ0v) is 16.4. The highest BCUT2D eigenvalue weighted by molar-refractivity contribution is 5.98. The molecule has 3 aliphatic rings. The van der Waals surface area contributed by atoms with Gasteiger partial charge in [0.05, 0.1) is 5.69 Å². The highest BCUT2D eigenvalue weighted by Crippen LogP contribution is 2.32. The largest absolute Gasteiger partial charge is 0.399 e. The number of benzene rings is 1. The van der Waals surface area contributed by atoms with Gasteiger partial charge < -0.3 is 20.4 Å². The topological polar surface area (TPSA) is 85.5 Å². The van der Waals surface area contributed by atoms with Crippen LogP contribution >= 0.6 is 0 Å². The summed E-state index contributed by atoms with van der Waals surface area (Å²) in [6, 6.07) is 7.17. The summed E-state index contributed by atoms with van der Waals surface area (Å²) in [5, 5.41) is 0. The van der Waals surface area contributed by atoms with E-state index in [-0.39, 0.29) is 11.9 Å². The quantitative estimate of drug-likeness (QED) is 0.804. The molecule has 3 amide bonds. The van der Waals surface area contributed by atoms with Gasteiger partial charge in [-0.25, -0.2) is 14.7 Å². The predicted octanol–water partition coefficient (Wildman–Crippen LogP) is 1.71. The molecule has 8 heteroatoms. The third-order valence-corrected chi connectivity index (χ3v) is 5.56. The Kier molecular flexibility index (Phi) is 4.70. The van der Waals surface area contributed by atoms with Crippen molar-refractivity contribution in [2.24, 2.45) is 4.99 Å². The van der Waals surface area contributed by atoms with E-state index in [0.29, 0.717) is 43.3 Å². The Labute approximate surface area is 164 Å². The number of amides is 3. The van der Waals surface area contributed by atoms with Gasteiger partial charge in [-0.1, -0.05) is 6.07 Å². The number of aliphatic imine (C=N–C) groups is 1. The average molecular weight is 382 g/mol. The van der Waals surface area contributed by atoms with E-state index < -0.39 is 0 Å². The standard InChI is InChI=1S/C20H26N6O2/c1-14-22-19-15(12-23(14)2)13-25(10-9-24-8-4-7-18(24)27)20(28)26(19)17-6-3-5-16(21)11-17/h3,5-6,11H,4,7-10,12-13,21H2,1-2H3. The summed E-state index contributed by atoms with van der Waals surface area (Å²) in [4.78, 5) is 37.4. The molecule has 1 aromatic rings. The number of hydrogen-bond acceptors (Lipinski definition) is 5. The van der Waals surface area contributed by atoms with Crippen LogP contribution in [0, 0.1) is 0 Å². The molecule has 0 aliphatic carbocycles. The van der Waals surface area contributed by atoms with Gasteiger partial charge >= 0.3 is 6.03 Å². The number of rotatable bonds is 4. The molecule has 28 heavy (non-hydrogen) atoms. The molecule has 0 saturated carbocycles. The molecule has 0 bridgehead atoms. The van der Waals surface area contributed by atoms with Crippen LogP contribution in [-0.2, 0) is 4.79 Å². The molecule has 0 radical (unpaired) electrons. The van der Waals surface area contributed by atoms with Crippen molar-refractivity contribution >= 4 is 29.1 Å². The van der Waals surface area contributed by atoms with Crippen molar-refractivity contribution in [3.05, 3.63) is 35.7 Å². The number of carbonyl (C=O) groups is 2. The van der Waals surface area contributed by atoms with Crippen LogP contribution in [0.25, 0.3) is 0 Å². The van der Waals surface area contributed by atoms with E-state index >= 15 is 0 Å². The number of anilines is 2. The van der Waals surface area contributed by atoms with Crippen molar-refractivity contribution in [3.63, 3.8) is 0 Å². The van der Waals surface area contributed by atoms with Gasteiger partial charge in [-0.05, 0) is 31.5 Å². The van der Waals surface area contributed by atoms with Crippen molar-refractivity contribution in [1.82, 2.24) is 14.7 Å². The minimum atomic E-state index is -0.128. The second-order valence-electron chi connectivity index (χ2n) is 7.56. The van der Waals surface area contributed by atoms with Gasteiger partial charge in [0, 0.05) is 57.5 Å². The van der Waals surface area contributed by atoms with Crippen molar-refractivity contribution in [2.45, 2.75) is 19.8 Å². The zero-order valence-electron chi connectivity index (χ0n) is 16.4. The lowest BCUT2D eigenvalue weighted by atomic mass is 10.1. The number of likely N-dealkylation sites (N-methyl/N-ethyl adjacent to an activating group) is 1. The first kappa shape index (κ1) is 18.3. The monoisotopic (exact) mass is 382 g/mol. The lowest BCUT2D eigenvalue weighted by molar-refractivity contribution is -0.127. The van der Waals surface area contributed by atoms with Crippen molar-refractivity contribution < 1.29 is 9.59 Å². The lowest BCUT2D eigenvalue weighted by Gasteiger charge is -2.41. The van der Waals surface area contributed by atoms with Gasteiger partial charge in [-0.15, -0.1) is 0 Å². The fourth-order valence-corrected chi connectivity index (χ4v) is 3.90. The molecular weight excluding hydrogens is 356 g/mol.